The van der Waals surface area contributed by atoms with Crippen LogP contribution in [-0.2, 0) is 0 Å². The largest absolute Gasteiger partial charge is 0.595 e. The zero-order valence-corrected chi connectivity index (χ0v) is 7.22. The molecule has 0 heterocycles. The number of aryl methyl sites for hydroxylation is 1. The van der Waals surface area contributed by atoms with Crippen molar-refractivity contribution in [1.82, 2.24) is 0 Å². The smallest absolute Gasteiger partial charge is 0.187 e. The molecule has 4 N–H and O–H groups in total. The van der Waals surface area contributed by atoms with Gasteiger partial charge in [-0.1, -0.05) is 11.6 Å². The summed E-state index contributed by atoms with van der Waals surface area (Å²) in [6.45, 7) is 1.73. The van der Waals surface area contributed by atoms with E-state index < -0.39 is 5.23 Å². The molecule has 1 rings (SSSR count). The van der Waals surface area contributed by atoms with Gasteiger partial charge in [0.25, 0.3) is 0 Å². The molecule has 1 aromatic carbocycles. The van der Waals surface area contributed by atoms with Crippen LogP contribution in [0, 0.1) is 12.1 Å². The lowest BCUT2D eigenvalue weighted by Gasteiger charge is -2.14. The lowest BCUT2D eigenvalue weighted by atomic mass is 10.2. The molecule has 0 fully saturated rings. The molecule has 66 valence electrons. The zero-order chi connectivity index (χ0) is 9.30. The van der Waals surface area contributed by atoms with Crippen molar-refractivity contribution in [1.29, 1.82) is 0 Å². The first-order valence-corrected chi connectivity index (χ1v) is 3.69. The molecule has 0 amide bonds. The predicted octanol–water partition coefficient (Wildman–Crippen LogP) is 0.634. The maximum absolute atomic E-state index is 10.6. The Kier molecular flexibility index (Phi) is 2.54. The summed E-state index contributed by atoms with van der Waals surface area (Å²) in [6.07, 6.45) is 0. The molecule has 4 nitrogen and oxygen atoms in total. The molecule has 12 heavy (non-hydrogen) atoms. The first-order chi connectivity index (χ1) is 5.52. The van der Waals surface area contributed by atoms with E-state index in [1.165, 1.54) is 12.1 Å². The molecule has 0 saturated carbocycles. The number of benzene rings is 1. The SMILES string of the molecule is Cc1cc([NH+]([O-])O)c(N)cc1Cl. The summed E-state index contributed by atoms with van der Waals surface area (Å²) in [5.74, 6) is 0. The average molecular weight is 189 g/mol. The fraction of sp³-hybridized carbons (Fsp3) is 0.143. The van der Waals surface area contributed by atoms with Crippen molar-refractivity contribution in [3.8, 4) is 0 Å². The second-order valence-corrected chi connectivity index (χ2v) is 2.90. The summed E-state index contributed by atoms with van der Waals surface area (Å²) < 4.78 is 0. The number of nitrogens with one attached hydrogen (secondary N) is 1. The summed E-state index contributed by atoms with van der Waals surface area (Å²) >= 11 is 5.72. The van der Waals surface area contributed by atoms with Gasteiger partial charge in [0.2, 0.25) is 0 Å². The van der Waals surface area contributed by atoms with Crippen molar-refractivity contribution in [2.24, 2.45) is 0 Å². The van der Waals surface area contributed by atoms with Gasteiger partial charge in [0.05, 0.1) is 5.69 Å². The third-order valence-electron chi connectivity index (χ3n) is 1.56. The number of hydrogen-bond acceptors (Lipinski definition) is 3. The summed E-state index contributed by atoms with van der Waals surface area (Å²) in [7, 11) is 0. The van der Waals surface area contributed by atoms with Gasteiger partial charge in [-0.2, -0.15) is 5.23 Å². The number of quaternary nitrogens is 1. The highest BCUT2D eigenvalue weighted by atomic mass is 35.5. The topological polar surface area (TPSA) is 73.8 Å². The van der Waals surface area contributed by atoms with Crippen LogP contribution in [-0.4, -0.2) is 5.21 Å². The summed E-state index contributed by atoms with van der Waals surface area (Å²) in [4.78, 5) is 0. The number of halogens is 1. The van der Waals surface area contributed by atoms with Crippen LogP contribution in [0.5, 0.6) is 0 Å². The Morgan fingerprint density at radius 1 is 1.58 bits per heavy atom. The Labute approximate surface area is 74.7 Å². The molecule has 1 atom stereocenters. The lowest BCUT2D eigenvalue weighted by Crippen LogP contribution is -2.99. The third-order valence-corrected chi connectivity index (χ3v) is 1.97. The molecular weight excluding hydrogens is 180 g/mol. The van der Waals surface area contributed by atoms with Gasteiger partial charge in [0.1, 0.15) is 0 Å². The Morgan fingerprint density at radius 2 is 2.17 bits per heavy atom. The van der Waals surface area contributed by atoms with Gasteiger partial charge in [-0.15, -0.1) is 0 Å². The minimum Gasteiger partial charge on any atom is -0.595 e. The van der Waals surface area contributed by atoms with E-state index in [4.69, 9.17) is 22.5 Å². The Balaban J connectivity index is 3.23. The summed E-state index contributed by atoms with van der Waals surface area (Å²) in [5, 5.41) is 18.7. The van der Waals surface area contributed by atoms with Crippen LogP contribution in [0.2, 0.25) is 5.02 Å². The van der Waals surface area contributed by atoms with E-state index in [9.17, 15) is 5.21 Å². The molecule has 0 saturated heterocycles. The van der Waals surface area contributed by atoms with E-state index in [2.05, 4.69) is 0 Å². The number of anilines is 1. The molecule has 0 aromatic heterocycles. The number of rotatable bonds is 1. The average Bonchev–Trinajstić information content (AvgIpc) is 1.96. The molecule has 0 aliphatic rings. The molecule has 5 heteroatoms. The Hall–Kier alpha value is -0.810. The summed E-state index contributed by atoms with van der Waals surface area (Å²) in [5.41, 5.74) is 6.42. The van der Waals surface area contributed by atoms with E-state index >= 15 is 0 Å². The monoisotopic (exact) mass is 188 g/mol. The first kappa shape index (κ1) is 9.28. The highest BCUT2D eigenvalue weighted by molar-refractivity contribution is 6.31. The molecule has 0 spiro atoms. The quantitative estimate of drug-likeness (QED) is 0.447. The summed E-state index contributed by atoms with van der Waals surface area (Å²) in [6, 6.07) is 2.90. The Morgan fingerprint density at radius 3 is 2.67 bits per heavy atom. The minimum atomic E-state index is -1.03. The van der Waals surface area contributed by atoms with Gasteiger partial charge in [-0.3, -0.25) is 0 Å². The van der Waals surface area contributed by atoms with Crippen molar-refractivity contribution in [2.75, 3.05) is 5.73 Å². The van der Waals surface area contributed by atoms with Crippen LogP contribution in [0.25, 0.3) is 0 Å². The van der Waals surface area contributed by atoms with Gasteiger partial charge in [0.15, 0.2) is 5.69 Å². The maximum Gasteiger partial charge on any atom is 0.187 e. The lowest BCUT2D eigenvalue weighted by molar-refractivity contribution is -0.990. The fourth-order valence-electron chi connectivity index (χ4n) is 0.882. The van der Waals surface area contributed by atoms with Crippen LogP contribution in [0.3, 0.4) is 0 Å². The van der Waals surface area contributed by atoms with Crippen LogP contribution in [0.4, 0.5) is 11.4 Å². The van der Waals surface area contributed by atoms with Crippen molar-refractivity contribution in [3.63, 3.8) is 0 Å². The second-order valence-electron chi connectivity index (χ2n) is 2.49. The fourth-order valence-corrected chi connectivity index (χ4v) is 1.05. The third kappa shape index (κ3) is 1.67. The predicted molar refractivity (Wildman–Crippen MR) is 46.4 cm³/mol. The van der Waals surface area contributed by atoms with E-state index in [0.717, 1.165) is 0 Å². The van der Waals surface area contributed by atoms with Gasteiger partial charge in [-0.25, -0.2) is 5.21 Å². The van der Waals surface area contributed by atoms with Gasteiger partial charge in [0, 0.05) is 11.1 Å². The maximum atomic E-state index is 10.6. The molecule has 0 aliphatic heterocycles. The van der Waals surface area contributed by atoms with E-state index in [0.29, 0.717) is 10.6 Å². The molecule has 1 unspecified atom stereocenters. The van der Waals surface area contributed by atoms with E-state index in [-0.39, 0.29) is 11.4 Å². The van der Waals surface area contributed by atoms with Gasteiger partial charge >= 0.3 is 0 Å². The van der Waals surface area contributed by atoms with Crippen molar-refractivity contribution >= 4 is 23.0 Å². The highest BCUT2D eigenvalue weighted by Crippen LogP contribution is 2.23. The molecule has 0 bridgehead atoms. The van der Waals surface area contributed by atoms with Crippen LogP contribution >= 0.6 is 11.6 Å². The Bertz CT molecular complexity index is 302. The standard InChI is InChI=1S/C7H9ClN2O2/c1-4-2-7(10(11)12)6(9)3-5(4)8/h2-3,10-11H,9H2,1H3. The molecular formula is C7H9ClN2O2. The zero-order valence-electron chi connectivity index (χ0n) is 6.47. The first-order valence-electron chi connectivity index (χ1n) is 3.31. The molecule has 0 aliphatic carbocycles. The second kappa shape index (κ2) is 3.28. The molecule has 0 radical (unpaired) electrons. The van der Waals surface area contributed by atoms with E-state index in [1.807, 2.05) is 0 Å². The van der Waals surface area contributed by atoms with Gasteiger partial charge in [-0.05, 0) is 18.6 Å². The number of hydrogen-bond donors (Lipinski definition) is 3. The van der Waals surface area contributed by atoms with Gasteiger partial charge < -0.3 is 10.9 Å². The van der Waals surface area contributed by atoms with Crippen LogP contribution in [0.1, 0.15) is 5.56 Å². The van der Waals surface area contributed by atoms with Crippen molar-refractivity contribution < 1.29 is 10.4 Å². The van der Waals surface area contributed by atoms with Crippen LogP contribution in [0.15, 0.2) is 12.1 Å². The van der Waals surface area contributed by atoms with E-state index in [1.54, 1.807) is 6.92 Å². The molecule has 1 aromatic rings. The number of nitrogens with two attached hydrogens (primary N) is 1. The van der Waals surface area contributed by atoms with Crippen molar-refractivity contribution in [3.05, 3.63) is 27.9 Å². The minimum absolute atomic E-state index is 0.0944. The van der Waals surface area contributed by atoms with Crippen molar-refractivity contribution in [2.45, 2.75) is 6.92 Å². The van der Waals surface area contributed by atoms with Crippen LogP contribution < -0.4 is 11.0 Å². The normalized spacial score (nSPS) is 13.0. The highest BCUT2D eigenvalue weighted by Gasteiger charge is 2.08. The number of nitrogen functional groups attached to an aromatic ring is 1.